The van der Waals surface area contributed by atoms with Crippen LogP contribution in [0.2, 0.25) is 0 Å². The number of rotatable bonds is 21. The number of Topliss-reactive ketones (excluding diaryl/α,β-unsaturated/α-hetero) is 1. The summed E-state index contributed by atoms with van der Waals surface area (Å²) in [5.41, 5.74) is 3.56. The standard InChI is InChI=1S/C42H54N4O5/c1-5-27-50-34-23-21-33(22-24-34)39-29-36(35-18-11-12-19-37(35)44-39)41(48)45-38(40(47)28-31(4)15-14-26-46(6-2)7-3)20-13-25-43-42(49)51-30-32-16-9-8-10-17-32/h8-12,16-19,21-24,29,31,38H,5-7,13-15,20,25-28,30H2,1-4H3,(H,43,49)(H,45,48). The van der Waals surface area contributed by atoms with Crippen molar-refractivity contribution < 1.29 is 23.9 Å². The number of aromatic nitrogens is 1. The van der Waals surface area contributed by atoms with Crippen LogP contribution in [0, 0.1) is 5.92 Å². The van der Waals surface area contributed by atoms with Gasteiger partial charge < -0.3 is 25.0 Å². The smallest absolute Gasteiger partial charge is 0.407 e. The summed E-state index contributed by atoms with van der Waals surface area (Å²) < 4.78 is 11.1. The van der Waals surface area contributed by atoms with E-state index in [1.807, 2.05) is 78.9 Å². The Kier molecular flexibility index (Phi) is 15.9. The lowest BCUT2D eigenvalue weighted by Crippen LogP contribution is -2.42. The Morgan fingerprint density at radius 1 is 0.863 bits per heavy atom. The Balaban J connectivity index is 1.47. The van der Waals surface area contributed by atoms with Gasteiger partial charge in [0.05, 0.1) is 29.4 Å². The van der Waals surface area contributed by atoms with Crippen LogP contribution in [0.15, 0.2) is 84.9 Å². The molecule has 0 aliphatic rings. The van der Waals surface area contributed by atoms with Gasteiger partial charge in [-0.2, -0.15) is 0 Å². The number of nitrogens with zero attached hydrogens (tertiary/aromatic N) is 2. The molecule has 2 atom stereocenters. The van der Waals surface area contributed by atoms with Crippen LogP contribution in [0.5, 0.6) is 5.75 Å². The lowest BCUT2D eigenvalue weighted by Gasteiger charge is -2.22. The number of nitrogens with one attached hydrogen (secondary N) is 2. The molecule has 0 aliphatic heterocycles. The Labute approximate surface area is 303 Å². The number of amides is 2. The summed E-state index contributed by atoms with van der Waals surface area (Å²) in [7, 11) is 0. The number of ether oxygens (including phenoxy) is 2. The molecular weight excluding hydrogens is 640 g/mol. The van der Waals surface area contributed by atoms with Gasteiger partial charge in [0.15, 0.2) is 5.78 Å². The number of para-hydroxylation sites is 1. The lowest BCUT2D eigenvalue weighted by molar-refractivity contribution is -0.121. The van der Waals surface area contributed by atoms with E-state index in [0.29, 0.717) is 54.6 Å². The number of benzene rings is 3. The highest BCUT2D eigenvalue weighted by atomic mass is 16.5. The van der Waals surface area contributed by atoms with E-state index in [4.69, 9.17) is 14.5 Å². The minimum absolute atomic E-state index is 0.00778. The average Bonchev–Trinajstić information content (AvgIpc) is 3.16. The molecule has 4 rings (SSSR count). The highest BCUT2D eigenvalue weighted by Crippen LogP contribution is 2.27. The predicted octanol–water partition coefficient (Wildman–Crippen LogP) is 8.21. The highest BCUT2D eigenvalue weighted by molar-refractivity contribution is 6.08. The van der Waals surface area contributed by atoms with Crippen LogP contribution < -0.4 is 15.4 Å². The van der Waals surface area contributed by atoms with E-state index in [0.717, 1.165) is 55.8 Å². The van der Waals surface area contributed by atoms with Crippen LogP contribution in [0.1, 0.15) is 82.1 Å². The van der Waals surface area contributed by atoms with Crippen LogP contribution in [0.25, 0.3) is 22.2 Å². The molecule has 3 aromatic carbocycles. The van der Waals surface area contributed by atoms with Gasteiger partial charge in [0.2, 0.25) is 0 Å². The molecule has 0 saturated heterocycles. The molecule has 2 unspecified atom stereocenters. The largest absolute Gasteiger partial charge is 0.494 e. The quantitative estimate of drug-likeness (QED) is 0.0846. The van der Waals surface area contributed by atoms with Crippen LogP contribution >= 0.6 is 0 Å². The molecule has 9 heteroatoms. The molecule has 0 aliphatic carbocycles. The van der Waals surface area contributed by atoms with Crippen molar-refractivity contribution in [2.24, 2.45) is 5.92 Å². The molecule has 1 heterocycles. The number of carbonyl (C=O) groups excluding carboxylic acids is 3. The van der Waals surface area contributed by atoms with Crippen molar-refractivity contribution in [1.82, 2.24) is 20.5 Å². The van der Waals surface area contributed by atoms with Gasteiger partial charge in [-0.3, -0.25) is 9.59 Å². The summed E-state index contributed by atoms with van der Waals surface area (Å²) in [6.45, 7) is 12.6. The Hall–Kier alpha value is -4.76. The van der Waals surface area contributed by atoms with Gasteiger partial charge in [0.25, 0.3) is 5.91 Å². The Morgan fingerprint density at radius 2 is 1.59 bits per heavy atom. The van der Waals surface area contributed by atoms with Crippen molar-refractivity contribution in [2.45, 2.75) is 78.9 Å². The van der Waals surface area contributed by atoms with Gasteiger partial charge in [-0.1, -0.05) is 76.2 Å². The fourth-order valence-electron chi connectivity index (χ4n) is 6.06. The number of pyridine rings is 1. The predicted molar refractivity (Wildman–Crippen MR) is 204 cm³/mol. The van der Waals surface area contributed by atoms with E-state index in [1.54, 1.807) is 6.07 Å². The van der Waals surface area contributed by atoms with Crippen molar-refractivity contribution in [1.29, 1.82) is 0 Å². The van der Waals surface area contributed by atoms with E-state index in [9.17, 15) is 14.4 Å². The van der Waals surface area contributed by atoms with Crippen molar-refractivity contribution in [3.05, 3.63) is 96.1 Å². The molecule has 0 spiro atoms. The van der Waals surface area contributed by atoms with Gasteiger partial charge in [0.1, 0.15) is 12.4 Å². The number of fused-ring (bicyclic) bond motifs is 1. The van der Waals surface area contributed by atoms with Crippen molar-refractivity contribution in [3.63, 3.8) is 0 Å². The summed E-state index contributed by atoms with van der Waals surface area (Å²) in [6, 6.07) is 25.8. The first-order valence-corrected chi connectivity index (χ1v) is 18.4. The number of alkyl carbamates (subject to hydrolysis) is 1. The maximum Gasteiger partial charge on any atom is 0.407 e. The number of hydrogen-bond donors (Lipinski definition) is 2. The third kappa shape index (κ3) is 12.5. The van der Waals surface area contributed by atoms with E-state index in [1.165, 1.54) is 0 Å². The van der Waals surface area contributed by atoms with Gasteiger partial charge in [-0.15, -0.1) is 0 Å². The number of carbonyl (C=O) groups is 3. The maximum absolute atomic E-state index is 14.1. The Morgan fingerprint density at radius 3 is 2.31 bits per heavy atom. The zero-order chi connectivity index (χ0) is 36.4. The fraction of sp³-hybridized carbons (Fsp3) is 0.429. The molecule has 1 aromatic heterocycles. The molecule has 0 saturated carbocycles. The van der Waals surface area contributed by atoms with E-state index >= 15 is 0 Å². The zero-order valence-corrected chi connectivity index (χ0v) is 30.7. The van der Waals surface area contributed by atoms with Crippen LogP contribution in [-0.4, -0.2) is 66.5 Å². The average molecular weight is 695 g/mol. The minimum atomic E-state index is -0.713. The molecule has 51 heavy (non-hydrogen) atoms. The maximum atomic E-state index is 14.1. The summed E-state index contributed by atoms with van der Waals surface area (Å²) in [5.74, 6) is 0.616. The van der Waals surface area contributed by atoms with Gasteiger partial charge in [-0.25, -0.2) is 9.78 Å². The first-order chi connectivity index (χ1) is 24.8. The summed E-state index contributed by atoms with van der Waals surface area (Å²) in [4.78, 5) is 47.5. The normalized spacial score (nSPS) is 12.3. The second kappa shape index (κ2) is 20.8. The SMILES string of the molecule is CCCOc1ccc(-c2cc(C(=O)NC(CCCNC(=O)OCc3ccccc3)C(=O)CC(C)CCCN(CC)CC)c3ccccc3n2)cc1. The molecule has 0 fully saturated rings. The number of ketones is 1. The van der Waals surface area contributed by atoms with E-state index in [-0.39, 0.29) is 24.2 Å². The molecule has 272 valence electrons. The van der Waals surface area contributed by atoms with E-state index in [2.05, 4.69) is 43.2 Å². The van der Waals surface area contributed by atoms with Gasteiger partial charge in [-0.05, 0) is 99.6 Å². The van der Waals surface area contributed by atoms with Crippen molar-refractivity contribution in [2.75, 3.05) is 32.8 Å². The molecule has 9 nitrogen and oxygen atoms in total. The van der Waals surface area contributed by atoms with Crippen LogP contribution in [-0.2, 0) is 16.1 Å². The molecule has 0 bridgehead atoms. The van der Waals surface area contributed by atoms with Gasteiger partial charge in [0, 0.05) is 23.9 Å². The third-order valence-electron chi connectivity index (χ3n) is 9.04. The van der Waals surface area contributed by atoms with Crippen molar-refractivity contribution in [3.8, 4) is 17.0 Å². The number of hydrogen-bond acceptors (Lipinski definition) is 7. The second-order valence-electron chi connectivity index (χ2n) is 13.0. The van der Waals surface area contributed by atoms with Crippen LogP contribution in [0.3, 0.4) is 0 Å². The van der Waals surface area contributed by atoms with Crippen molar-refractivity contribution >= 4 is 28.7 Å². The molecule has 4 aromatic rings. The van der Waals surface area contributed by atoms with Crippen LogP contribution in [0.4, 0.5) is 4.79 Å². The van der Waals surface area contributed by atoms with Gasteiger partial charge >= 0.3 is 6.09 Å². The topological polar surface area (TPSA) is 110 Å². The first kappa shape index (κ1) is 39.0. The zero-order valence-electron chi connectivity index (χ0n) is 30.7. The fourth-order valence-corrected chi connectivity index (χ4v) is 6.06. The molecule has 2 N–H and O–H groups in total. The monoisotopic (exact) mass is 694 g/mol. The highest BCUT2D eigenvalue weighted by Gasteiger charge is 2.24. The summed E-state index contributed by atoms with van der Waals surface area (Å²) >= 11 is 0. The van der Waals surface area contributed by atoms with E-state index < -0.39 is 12.1 Å². The lowest BCUT2D eigenvalue weighted by atomic mass is 9.93. The second-order valence-corrected chi connectivity index (χ2v) is 13.0. The molecular formula is C42H54N4O5. The summed E-state index contributed by atoms with van der Waals surface area (Å²) in [5, 5.41) is 6.57. The Bertz CT molecular complexity index is 1670. The summed E-state index contributed by atoms with van der Waals surface area (Å²) in [6.07, 6.45) is 3.58. The minimum Gasteiger partial charge on any atom is -0.494 e. The third-order valence-corrected chi connectivity index (χ3v) is 9.04. The molecule has 0 radical (unpaired) electrons. The molecule has 2 amide bonds. The first-order valence-electron chi connectivity index (χ1n) is 18.4.